The third kappa shape index (κ3) is 5.76. The number of nitrogens with one attached hydrogen (secondary N) is 2. The number of anilines is 1. The van der Waals surface area contributed by atoms with Crippen molar-refractivity contribution in [3.63, 3.8) is 0 Å². The van der Waals surface area contributed by atoms with E-state index < -0.39 is 0 Å². The summed E-state index contributed by atoms with van der Waals surface area (Å²) in [6.07, 6.45) is 5.18. The minimum atomic E-state index is -0.0972. The Labute approximate surface area is 201 Å². The van der Waals surface area contributed by atoms with Gasteiger partial charge in [0.15, 0.2) is 0 Å². The molecule has 1 saturated heterocycles. The Morgan fingerprint density at radius 2 is 1.91 bits per heavy atom. The van der Waals surface area contributed by atoms with Gasteiger partial charge in [0.25, 0.3) is 5.91 Å². The summed E-state index contributed by atoms with van der Waals surface area (Å²) >= 11 is 12.6. The smallest absolute Gasteiger partial charge is 0.251 e. The first-order valence-electron chi connectivity index (χ1n) is 11.5. The van der Waals surface area contributed by atoms with Crippen molar-refractivity contribution in [2.24, 2.45) is 5.73 Å². The zero-order chi connectivity index (χ0) is 23.1. The first-order valence-corrected chi connectivity index (χ1v) is 12.3. The lowest BCUT2D eigenvalue weighted by atomic mass is 9.89. The molecule has 0 bridgehead atoms. The second-order valence-corrected chi connectivity index (χ2v) is 9.12. The topological polar surface area (TPSA) is 70.4 Å². The number of unbranched alkanes of at least 4 members (excludes halogenated alkanes) is 1. The van der Waals surface area contributed by atoms with E-state index in [1.807, 2.05) is 18.2 Å². The first-order chi connectivity index (χ1) is 15.5. The quantitative estimate of drug-likeness (QED) is 0.482. The zero-order valence-corrected chi connectivity index (χ0v) is 20.5. The Hall–Kier alpha value is -1.79. The molecule has 0 unspecified atom stereocenters. The number of amides is 1. The molecule has 32 heavy (non-hydrogen) atoms. The van der Waals surface area contributed by atoms with Crippen molar-refractivity contribution in [1.82, 2.24) is 10.6 Å². The van der Waals surface area contributed by atoms with Crippen molar-refractivity contribution in [1.29, 1.82) is 0 Å². The minimum Gasteiger partial charge on any atom is -0.371 e. The van der Waals surface area contributed by atoms with Crippen LogP contribution >= 0.6 is 23.2 Å². The van der Waals surface area contributed by atoms with Crippen LogP contribution in [0.15, 0.2) is 30.3 Å². The summed E-state index contributed by atoms with van der Waals surface area (Å²) in [5.74, 6) is -0.0972. The van der Waals surface area contributed by atoms with Crippen molar-refractivity contribution >= 4 is 34.8 Å². The number of rotatable bonds is 9. The lowest BCUT2D eigenvalue weighted by Crippen LogP contribution is -2.44. The molecule has 0 aromatic heterocycles. The fraction of sp³-hybridized carbons (Fsp3) is 0.480. The number of hydrogen-bond acceptors (Lipinski definition) is 4. The number of nitrogens with two attached hydrogens (primary N) is 1. The molecule has 0 aliphatic carbocycles. The largest absolute Gasteiger partial charge is 0.371 e. The molecule has 174 valence electrons. The van der Waals surface area contributed by atoms with Crippen molar-refractivity contribution in [3.8, 4) is 11.1 Å². The lowest BCUT2D eigenvalue weighted by Gasteiger charge is -2.36. The van der Waals surface area contributed by atoms with Gasteiger partial charge in [-0.25, -0.2) is 0 Å². The van der Waals surface area contributed by atoms with Gasteiger partial charge in [0.05, 0.1) is 10.0 Å². The summed E-state index contributed by atoms with van der Waals surface area (Å²) in [6, 6.07) is 10.2. The van der Waals surface area contributed by atoms with Crippen LogP contribution in [-0.4, -0.2) is 45.2 Å². The summed E-state index contributed by atoms with van der Waals surface area (Å²) in [6.45, 7) is 5.66. The molecule has 0 radical (unpaired) electrons. The van der Waals surface area contributed by atoms with Crippen LogP contribution in [0.3, 0.4) is 0 Å². The van der Waals surface area contributed by atoms with Gasteiger partial charge >= 0.3 is 0 Å². The number of hydrogen-bond donors (Lipinski definition) is 3. The molecule has 1 aliphatic rings. The van der Waals surface area contributed by atoms with Crippen LogP contribution < -0.4 is 21.3 Å². The van der Waals surface area contributed by atoms with E-state index in [4.69, 9.17) is 28.9 Å². The molecule has 0 atom stereocenters. The number of carbonyl (C=O) groups excluding carboxylic acids is 1. The van der Waals surface area contributed by atoms with Gasteiger partial charge in [-0.05, 0) is 66.6 Å². The van der Waals surface area contributed by atoms with Crippen LogP contribution in [-0.2, 0) is 6.42 Å². The average Bonchev–Trinajstić information content (AvgIpc) is 2.82. The van der Waals surface area contributed by atoms with Crippen LogP contribution in [0, 0.1) is 0 Å². The van der Waals surface area contributed by atoms with E-state index in [0.717, 1.165) is 62.9 Å². The van der Waals surface area contributed by atoms with Gasteiger partial charge in [-0.15, -0.1) is 0 Å². The van der Waals surface area contributed by atoms with Crippen LogP contribution in [0.4, 0.5) is 5.69 Å². The van der Waals surface area contributed by atoms with Crippen LogP contribution in [0.1, 0.15) is 48.5 Å². The second kappa shape index (κ2) is 11.9. The van der Waals surface area contributed by atoms with E-state index in [9.17, 15) is 4.79 Å². The maximum Gasteiger partial charge on any atom is 0.251 e. The van der Waals surface area contributed by atoms with Crippen molar-refractivity contribution in [2.45, 2.75) is 45.1 Å². The predicted octanol–water partition coefficient (Wildman–Crippen LogP) is 4.88. The number of halogens is 2. The van der Waals surface area contributed by atoms with E-state index >= 15 is 0 Å². The molecule has 1 aliphatic heterocycles. The summed E-state index contributed by atoms with van der Waals surface area (Å²) in [5.41, 5.74) is 10.6. The van der Waals surface area contributed by atoms with E-state index in [2.05, 4.69) is 28.5 Å². The Kier molecular flexibility index (Phi) is 9.23. The number of nitrogens with zero attached hydrogens (tertiary/aromatic N) is 1. The maximum absolute atomic E-state index is 12.8. The molecule has 1 amide bonds. The number of piperidine rings is 1. The van der Waals surface area contributed by atoms with Crippen molar-refractivity contribution < 1.29 is 4.79 Å². The van der Waals surface area contributed by atoms with Gasteiger partial charge in [0, 0.05) is 50.5 Å². The standard InChI is InChI=1S/C25H34Cl2N4O/c1-3-4-5-19-23(31-14-10-18(11-15-31)30-13-12-28)9-7-20(25(32)29-2)24(19)17-6-8-21(26)22(27)16-17/h6-9,16,18,30H,3-5,10-15,28H2,1-2H3,(H,29,32). The second-order valence-electron chi connectivity index (χ2n) is 8.30. The van der Waals surface area contributed by atoms with Crippen LogP contribution in [0.2, 0.25) is 10.0 Å². The van der Waals surface area contributed by atoms with Gasteiger partial charge in [0.1, 0.15) is 0 Å². The molecular weight excluding hydrogens is 443 g/mol. The Morgan fingerprint density at radius 3 is 2.53 bits per heavy atom. The van der Waals surface area contributed by atoms with E-state index in [1.54, 1.807) is 13.1 Å². The molecule has 7 heteroatoms. The Bertz CT molecular complexity index is 926. The molecule has 4 N–H and O–H groups in total. The molecule has 0 saturated carbocycles. The fourth-order valence-corrected chi connectivity index (χ4v) is 4.76. The monoisotopic (exact) mass is 476 g/mol. The van der Waals surface area contributed by atoms with Gasteiger partial charge in [-0.1, -0.05) is 42.6 Å². The highest BCUT2D eigenvalue weighted by Crippen LogP contribution is 2.39. The first kappa shape index (κ1) is 24.8. The highest BCUT2D eigenvalue weighted by Gasteiger charge is 2.25. The molecule has 3 rings (SSSR count). The minimum absolute atomic E-state index is 0.0972. The molecular formula is C25H34Cl2N4O. The van der Waals surface area contributed by atoms with Gasteiger partial charge in [-0.3, -0.25) is 4.79 Å². The van der Waals surface area contributed by atoms with Gasteiger partial charge < -0.3 is 21.3 Å². The summed E-state index contributed by atoms with van der Waals surface area (Å²) in [4.78, 5) is 15.3. The Balaban J connectivity index is 2.06. The third-order valence-corrected chi connectivity index (χ3v) is 6.90. The normalized spacial score (nSPS) is 14.6. The van der Waals surface area contributed by atoms with Gasteiger partial charge in [-0.2, -0.15) is 0 Å². The summed E-state index contributed by atoms with van der Waals surface area (Å²) in [7, 11) is 1.67. The van der Waals surface area contributed by atoms with E-state index in [-0.39, 0.29) is 5.91 Å². The number of benzene rings is 2. The zero-order valence-electron chi connectivity index (χ0n) is 19.0. The van der Waals surface area contributed by atoms with Crippen molar-refractivity contribution in [2.75, 3.05) is 38.1 Å². The number of carbonyl (C=O) groups is 1. The Morgan fingerprint density at radius 1 is 1.16 bits per heavy atom. The molecule has 1 heterocycles. The highest BCUT2D eigenvalue weighted by molar-refractivity contribution is 6.42. The molecule has 1 fully saturated rings. The lowest BCUT2D eigenvalue weighted by molar-refractivity contribution is 0.0963. The van der Waals surface area contributed by atoms with E-state index in [1.165, 1.54) is 11.3 Å². The molecule has 2 aromatic carbocycles. The van der Waals surface area contributed by atoms with E-state index in [0.29, 0.717) is 28.2 Å². The fourth-order valence-electron chi connectivity index (χ4n) is 4.46. The molecule has 5 nitrogen and oxygen atoms in total. The van der Waals surface area contributed by atoms with Gasteiger partial charge in [0.2, 0.25) is 0 Å². The third-order valence-electron chi connectivity index (χ3n) is 6.16. The SMILES string of the molecule is CCCCc1c(N2CCC(NCCN)CC2)ccc(C(=O)NC)c1-c1ccc(Cl)c(Cl)c1. The van der Waals surface area contributed by atoms with Crippen LogP contribution in [0.5, 0.6) is 0 Å². The van der Waals surface area contributed by atoms with Crippen LogP contribution in [0.25, 0.3) is 11.1 Å². The summed E-state index contributed by atoms with van der Waals surface area (Å²) in [5, 5.41) is 7.34. The average molecular weight is 477 g/mol. The summed E-state index contributed by atoms with van der Waals surface area (Å²) < 4.78 is 0. The molecule has 2 aromatic rings. The maximum atomic E-state index is 12.8. The predicted molar refractivity (Wildman–Crippen MR) is 136 cm³/mol. The molecule has 0 spiro atoms. The highest BCUT2D eigenvalue weighted by atomic mass is 35.5. The van der Waals surface area contributed by atoms with Crippen molar-refractivity contribution in [3.05, 3.63) is 51.5 Å².